The van der Waals surface area contributed by atoms with E-state index in [1.165, 1.54) is 21.1 Å². The van der Waals surface area contributed by atoms with Crippen molar-refractivity contribution in [2.75, 3.05) is 0 Å². The summed E-state index contributed by atoms with van der Waals surface area (Å²) in [6.45, 7) is 8.04. The minimum atomic E-state index is -1.84. The molecule has 0 saturated carbocycles. The Morgan fingerprint density at radius 3 is 2.56 bits per heavy atom. The van der Waals surface area contributed by atoms with Gasteiger partial charge < -0.3 is 0 Å². The Morgan fingerprint density at radius 2 is 1.94 bits per heavy atom. The Morgan fingerprint density at radius 1 is 1.28 bits per heavy atom. The van der Waals surface area contributed by atoms with E-state index in [1.54, 1.807) is 0 Å². The summed E-state index contributed by atoms with van der Waals surface area (Å²) in [5.74, 6) is -0.151. The molecule has 0 aliphatic carbocycles. The summed E-state index contributed by atoms with van der Waals surface area (Å²) < 4.78 is 6.69. The number of hydrogen-bond acceptors (Lipinski definition) is 2. The summed E-state index contributed by atoms with van der Waals surface area (Å²) in [5, 5.41) is 1.23. The number of para-hydroxylation sites is 1. The fourth-order valence-electron chi connectivity index (χ4n) is 2.16. The van der Waals surface area contributed by atoms with Crippen LogP contribution in [0.5, 0.6) is 0 Å². The molecule has 18 heavy (non-hydrogen) atoms. The van der Waals surface area contributed by atoms with Crippen molar-refractivity contribution in [2.45, 2.75) is 33.1 Å². The van der Waals surface area contributed by atoms with Crippen LogP contribution in [0.15, 0.2) is 24.3 Å². The summed E-state index contributed by atoms with van der Waals surface area (Å²) in [5.41, 5.74) is 2.42. The number of benzene rings is 1. The third kappa shape index (κ3) is 2.77. The van der Waals surface area contributed by atoms with Gasteiger partial charge in [0, 0.05) is 0 Å². The zero-order valence-corrected chi connectivity index (χ0v) is 16.8. The van der Waals surface area contributed by atoms with Crippen LogP contribution in [0.4, 0.5) is 0 Å². The molecule has 0 amide bonds. The van der Waals surface area contributed by atoms with Crippen LogP contribution >= 0.6 is 0 Å². The molecule has 1 heterocycles. The molecule has 0 atom stereocenters. The van der Waals surface area contributed by atoms with Crippen molar-refractivity contribution in [1.82, 2.24) is 4.98 Å². The van der Waals surface area contributed by atoms with Crippen LogP contribution in [0.3, 0.4) is 0 Å². The summed E-state index contributed by atoms with van der Waals surface area (Å²) in [7, 11) is 0. The molecule has 4 heteroatoms. The zero-order chi connectivity index (χ0) is 13.3. The van der Waals surface area contributed by atoms with Crippen LogP contribution in [0.1, 0.15) is 33.4 Å². The zero-order valence-electron chi connectivity index (χ0n) is 11.3. The van der Waals surface area contributed by atoms with E-state index in [0.717, 1.165) is 5.52 Å². The van der Waals surface area contributed by atoms with Gasteiger partial charge in [0.2, 0.25) is 0 Å². The Bertz CT molecular complexity index is 581. The van der Waals surface area contributed by atoms with E-state index in [9.17, 15) is 4.79 Å². The second kappa shape index (κ2) is 5.04. The third-order valence-electron chi connectivity index (χ3n) is 2.98. The number of carbonyl (C=O) groups excluding carboxylic acids is 1. The molecule has 0 spiro atoms. The van der Waals surface area contributed by atoms with Crippen LogP contribution in [0.25, 0.3) is 10.9 Å². The molecule has 2 aromatic rings. The predicted octanol–water partition coefficient (Wildman–Crippen LogP) is 2.65. The normalized spacial score (nSPS) is 11.3. The van der Waals surface area contributed by atoms with E-state index in [-0.39, 0.29) is 11.4 Å². The molecule has 1 N–H and O–H groups in total. The van der Waals surface area contributed by atoms with Crippen molar-refractivity contribution < 1.29 is 32.5 Å². The molecule has 1 aromatic heterocycles. The number of nitrogens with one attached hydrogen (secondary N) is 1. The summed E-state index contributed by atoms with van der Waals surface area (Å²) in [4.78, 5) is 14.6. The average Bonchev–Trinajstić information content (AvgIpc) is 2.64. The first kappa shape index (κ1) is 13.6. The van der Waals surface area contributed by atoms with E-state index in [1.807, 2.05) is 12.1 Å². The molecule has 0 radical (unpaired) electrons. The van der Waals surface area contributed by atoms with Gasteiger partial charge in [-0.1, -0.05) is 0 Å². The van der Waals surface area contributed by atoms with Gasteiger partial charge in [-0.25, -0.2) is 0 Å². The first-order valence-electron chi connectivity index (χ1n) is 6.13. The van der Waals surface area contributed by atoms with Gasteiger partial charge in [0.05, 0.1) is 0 Å². The summed E-state index contributed by atoms with van der Waals surface area (Å²) in [6, 6.07) is 8.25. The molecule has 92 valence electrons. The standard InChI is InChI=1S/C12H14N.C2H4O2.Hg/c1-12(2,3)11-8-9-6-4-5-7-10(9)13-11;1-2(3)4;/h4-7,13H,1-3H3;1H3,(H,3,4);/q;;+1/p-1. The molecule has 2 rings (SSSR count). The van der Waals surface area contributed by atoms with Gasteiger partial charge in [-0.3, -0.25) is 0 Å². The quantitative estimate of drug-likeness (QED) is 0.743. The SMILES string of the molecule is CC(=O)[O][Hg][c]1c(C(C)(C)C)[nH]c2ccccc12. The van der Waals surface area contributed by atoms with Gasteiger partial charge in [0.15, 0.2) is 0 Å². The van der Waals surface area contributed by atoms with Gasteiger partial charge in [-0.2, -0.15) is 0 Å². The molecule has 0 unspecified atom stereocenters. The molecule has 0 fully saturated rings. The average molecular weight is 432 g/mol. The first-order valence-corrected chi connectivity index (χ1v) is 11.1. The number of carbonyl (C=O) groups is 1. The topological polar surface area (TPSA) is 42.1 Å². The van der Waals surface area contributed by atoms with Crippen molar-refractivity contribution in [1.29, 1.82) is 0 Å². The molecule has 0 aliphatic heterocycles. The molecule has 0 saturated heterocycles. The molecular weight excluding hydrogens is 415 g/mol. The Balaban J connectivity index is 2.54. The van der Waals surface area contributed by atoms with Gasteiger partial charge in [0.1, 0.15) is 0 Å². The minimum absolute atomic E-state index is 0.0501. The van der Waals surface area contributed by atoms with Crippen molar-refractivity contribution in [2.24, 2.45) is 0 Å². The summed E-state index contributed by atoms with van der Waals surface area (Å²) in [6.07, 6.45) is 0. The van der Waals surface area contributed by atoms with Gasteiger partial charge in [-0.15, -0.1) is 0 Å². The van der Waals surface area contributed by atoms with E-state index in [0.29, 0.717) is 0 Å². The maximum absolute atomic E-state index is 11.1. The van der Waals surface area contributed by atoms with Gasteiger partial charge in [-0.05, 0) is 0 Å². The van der Waals surface area contributed by atoms with Crippen LogP contribution in [-0.4, -0.2) is 11.0 Å². The fraction of sp³-hybridized carbons (Fsp3) is 0.357. The van der Waals surface area contributed by atoms with Crippen molar-refractivity contribution >= 4 is 19.9 Å². The second-order valence-corrected chi connectivity index (χ2v) is 10.5. The Labute approximate surface area is 120 Å². The third-order valence-corrected chi connectivity index (χ3v) is 9.10. The van der Waals surface area contributed by atoms with Crippen LogP contribution in [0.2, 0.25) is 0 Å². The fourth-order valence-corrected chi connectivity index (χ4v) is 8.28. The number of fused-ring (bicyclic) bond motifs is 1. The van der Waals surface area contributed by atoms with Crippen molar-refractivity contribution in [3.05, 3.63) is 30.0 Å². The number of aromatic nitrogens is 1. The Hall–Kier alpha value is -0.835. The summed E-state index contributed by atoms with van der Waals surface area (Å²) >= 11 is -1.84. The Kier molecular flexibility index (Phi) is 3.80. The monoisotopic (exact) mass is 433 g/mol. The van der Waals surface area contributed by atoms with Gasteiger partial charge in [0.25, 0.3) is 0 Å². The molecular formula is C14H17HgNO2. The molecule has 3 nitrogen and oxygen atoms in total. The molecule has 1 aromatic carbocycles. The van der Waals surface area contributed by atoms with E-state index in [2.05, 4.69) is 37.9 Å². The number of rotatable bonds is 2. The molecule has 0 aliphatic rings. The number of H-pyrrole nitrogens is 1. The van der Waals surface area contributed by atoms with Crippen LogP contribution in [-0.2, 0) is 37.9 Å². The van der Waals surface area contributed by atoms with E-state index in [4.69, 9.17) is 2.64 Å². The first-order chi connectivity index (χ1) is 8.39. The van der Waals surface area contributed by atoms with Crippen molar-refractivity contribution in [3.8, 4) is 0 Å². The van der Waals surface area contributed by atoms with Crippen molar-refractivity contribution in [3.63, 3.8) is 0 Å². The van der Waals surface area contributed by atoms with Crippen LogP contribution < -0.4 is 3.07 Å². The second-order valence-electron chi connectivity index (χ2n) is 5.55. The van der Waals surface area contributed by atoms with Crippen LogP contribution in [0, 0.1) is 0 Å². The number of hydrogen-bond donors (Lipinski definition) is 1. The number of aromatic amines is 1. The van der Waals surface area contributed by atoms with Gasteiger partial charge >= 0.3 is 120 Å². The maximum atomic E-state index is 11.1. The molecule has 0 bridgehead atoms. The predicted molar refractivity (Wildman–Crippen MR) is 68.4 cm³/mol. The van der Waals surface area contributed by atoms with E-state index >= 15 is 0 Å². The van der Waals surface area contributed by atoms with E-state index < -0.39 is 25.0 Å².